The van der Waals surface area contributed by atoms with Crippen LogP contribution in [0.15, 0.2) is 0 Å². The van der Waals surface area contributed by atoms with Gasteiger partial charge in [0.2, 0.25) is 0 Å². The summed E-state index contributed by atoms with van der Waals surface area (Å²) in [7, 11) is 4.34. The second-order valence-corrected chi connectivity index (χ2v) is 6.69. The Balaban J connectivity index is 2.31. The second-order valence-electron chi connectivity index (χ2n) is 4.78. The maximum Gasteiger partial charge on any atom is 0.177 e. The molecule has 0 aromatic heterocycles. The zero-order valence-electron chi connectivity index (χ0n) is 10.9. The van der Waals surface area contributed by atoms with Crippen molar-refractivity contribution in [2.24, 2.45) is 0 Å². The van der Waals surface area contributed by atoms with E-state index in [-0.39, 0.29) is 9.84 Å². The van der Waals surface area contributed by atoms with E-state index in [9.17, 15) is 0 Å². The maximum atomic E-state index is 2.71. The van der Waals surface area contributed by atoms with E-state index in [0.29, 0.717) is 6.29 Å². The summed E-state index contributed by atoms with van der Waals surface area (Å²) < 4.78 is 5.42. The Morgan fingerprint density at radius 1 is 1.00 bits per heavy atom. The van der Waals surface area contributed by atoms with E-state index in [0.717, 1.165) is 0 Å². The first kappa shape index (κ1) is 13.2. The van der Waals surface area contributed by atoms with Crippen LogP contribution in [0.3, 0.4) is 0 Å². The van der Waals surface area contributed by atoms with Gasteiger partial charge in [-0.15, -0.1) is 0 Å². The third kappa shape index (κ3) is 3.55. The number of rotatable bonds is 7. The molecule has 1 fully saturated rings. The molecule has 0 aromatic carbocycles. The van der Waals surface area contributed by atoms with Crippen LogP contribution in [0.4, 0.5) is 0 Å². The normalized spacial score (nSPS) is 25.0. The van der Waals surface area contributed by atoms with Gasteiger partial charge in [0.05, 0.1) is 0 Å². The van der Waals surface area contributed by atoms with Gasteiger partial charge in [0.25, 0.3) is 0 Å². The molecule has 0 unspecified atom stereocenters. The van der Waals surface area contributed by atoms with Crippen LogP contribution in [0, 0.1) is 0 Å². The first-order valence-electron chi connectivity index (χ1n) is 6.35. The van der Waals surface area contributed by atoms with Crippen LogP contribution in [0.5, 0.6) is 0 Å². The molecule has 15 heavy (non-hydrogen) atoms. The highest BCUT2D eigenvalue weighted by Gasteiger charge is 2.36. The topological polar surface area (TPSA) is 9.72 Å². The Labute approximate surface area is 97.4 Å². The average molecular weight is 229 g/mol. The van der Waals surface area contributed by atoms with E-state index in [1.54, 1.807) is 0 Å². The molecule has 1 saturated heterocycles. The second kappa shape index (κ2) is 6.63. The molecule has 0 saturated carbocycles. The summed E-state index contributed by atoms with van der Waals surface area (Å²) in [5.74, 6) is 0. The van der Waals surface area contributed by atoms with E-state index >= 15 is 0 Å². The molecule has 0 radical (unpaired) electrons. The molecule has 3 nitrogen and oxygen atoms in total. The lowest BCUT2D eigenvalue weighted by Gasteiger charge is -2.54. The Hall–Kier alpha value is 0.0969. The van der Waals surface area contributed by atoms with Crippen molar-refractivity contribution in [3.8, 4) is 0 Å². The Kier molecular flexibility index (Phi) is 5.82. The van der Waals surface area contributed by atoms with E-state index < -0.39 is 0 Å². The molecule has 1 heterocycles. The van der Waals surface area contributed by atoms with Gasteiger partial charge in [0.1, 0.15) is 6.29 Å². The lowest BCUT2D eigenvalue weighted by Crippen LogP contribution is -2.71. The predicted molar refractivity (Wildman–Crippen MR) is 69.2 cm³/mol. The van der Waals surface area contributed by atoms with Crippen LogP contribution >= 0.6 is 0 Å². The first-order valence-corrected chi connectivity index (χ1v) is 7.61. The molecule has 0 spiro atoms. The molecule has 0 amide bonds. The highest BCUT2D eigenvalue weighted by atomic mass is 28.2. The van der Waals surface area contributed by atoms with Crippen molar-refractivity contribution < 1.29 is 0 Å². The van der Waals surface area contributed by atoms with Crippen LogP contribution < -0.4 is 0 Å². The SMILES string of the molecule is CCCCN1[SiH2]N(CCCC)C1N(C)C. The van der Waals surface area contributed by atoms with E-state index in [1.807, 2.05) is 0 Å². The van der Waals surface area contributed by atoms with Crippen molar-refractivity contribution in [2.75, 3.05) is 27.2 Å². The van der Waals surface area contributed by atoms with E-state index in [4.69, 9.17) is 0 Å². The minimum atomic E-state index is -0.0729. The zero-order valence-corrected chi connectivity index (χ0v) is 12.3. The van der Waals surface area contributed by atoms with Gasteiger partial charge in [-0.05, 0) is 40.0 Å². The lowest BCUT2D eigenvalue weighted by molar-refractivity contribution is -0.0159. The molecule has 0 aliphatic carbocycles. The molecule has 0 N–H and O–H groups in total. The fraction of sp³-hybridized carbons (Fsp3) is 1.00. The van der Waals surface area contributed by atoms with Gasteiger partial charge in [-0.25, -0.2) is 0 Å². The molecule has 4 heteroatoms. The number of unbranched alkanes of at least 4 members (excludes halogenated alkanes) is 2. The molecular formula is C11H27N3Si. The molecule has 90 valence electrons. The number of nitrogens with zero attached hydrogens (tertiary/aromatic N) is 3. The molecule has 0 bridgehead atoms. The molecule has 1 aliphatic rings. The third-order valence-corrected chi connectivity index (χ3v) is 5.09. The van der Waals surface area contributed by atoms with Crippen LogP contribution in [0.25, 0.3) is 0 Å². The molecular weight excluding hydrogens is 202 g/mol. The molecule has 1 aliphatic heterocycles. The summed E-state index contributed by atoms with van der Waals surface area (Å²) >= 11 is 0. The highest BCUT2D eigenvalue weighted by Crippen LogP contribution is 2.19. The third-order valence-electron chi connectivity index (χ3n) is 3.08. The predicted octanol–water partition coefficient (Wildman–Crippen LogP) is 1.05. The van der Waals surface area contributed by atoms with Gasteiger partial charge in [-0.2, -0.15) is 0 Å². The Morgan fingerprint density at radius 3 is 1.80 bits per heavy atom. The van der Waals surface area contributed by atoms with Crippen molar-refractivity contribution in [1.29, 1.82) is 0 Å². The maximum absolute atomic E-state index is 2.71. The summed E-state index contributed by atoms with van der Waals surface area (Å²) in [5, 5.41) is 0. The number of hydrogen-bond acceptors (Lipinski definition) is 3. The molecule has 0 atom stereocenters. The summed E-state index contributed by atoms with van der Waals surface area (Å²) in [6.07, 6.45) is 5.98. The summed E-state index contributed by atoms with van der Waals surface area (Å²) in [6, 6.07) is 0. The highest BCUT2D eigenvalue weighted by molar-refractivity contribution is 6.32. The summed E-state index contributed by atoms with van der Waals surface area (Å²) in [4.78, 5) is 2.36. The quantitative estimate of drug-likeness (QED) is 0.604. The van der Waals surface area contributed by atoms with E-state index in [2.05, 4.69) is 42.0 Å². The first-order chi connectivity index (χ1) is 7.20. The smallest absolute Gasteiger partial charge is 0.177 e. The van der Waals surface area contributed by atoms with Gasteiger partial charge in [-0.3, -0.25) is 14.0 Å². The number of hydrogen-bond donors (Lipinski definition) is 0. The van der Waals surface area contributed by atoms with Gasteiger partial charge in [0.15, 0.2) is 9.84 Å². The van der Waals surface area contributed by atoms with E-state index in [1.165, 1.54) is 38.8 Å². The van der Waals surface area contributed by atoms with Gasteiger partial charge < -0.3 is 0 Å². The zero-order chi connectivity index (χ0) is 11.3. The minimum absolute atomic E-state index is 0.0729. The van der Waals surface area contributed by atoms with Crippen molar-refractivity contribution in [3.05, 3.63) is 0 Å². The minimum Gasteiger partial charge on any atom is -0.289 e. The summed E-state index contributed by atoms with van der Waals surface area (Å²) in [6.45, 7) is 7.18. The van der Waals surface area contributed by atoms with Crippen molar-refractivity contribution >= 4 is 9.84 Å². The van der Waals surface area contributed by atoms with Crippen molar-refractivity contribution in [2.45, 2.75) is 45.8 Å². The van der Waals surface area contributed by atoms with Crippen molar-refractivity contribution in [3.63, 3.8) is 0 Å². The van der Waals surface area contributed by atoms with Gasteiger partial charge >= 0.3 is 0 Å². The monoisotopic (exact) mass is 229 g/mol. The standard InChI is InChI=1S/C11H27N3Si/c1-5-7-9-13-11(12(3)4)14(15-13)10-8-6-2/h11H,5-10,15H2,1-4H3. The van der Waals surface area contributed by atoms with Crippen LogP contribution in [0.2, 0.25) is 0 Å². The fourth-order valence-corrected chi connectivity index (χ4v) is 4.56. The largest absolute Gasteiger partial charge is 0.289 e. The summed E-state index contributed by atoms with van der Waals surface area (Å²) in [5.41, 5.74) is 0. The van der Waals surface area contributed by atoms with Gasteiger partial charge in [0, 0.05) is 0 Å². The molecule has 0 aromatic rings. The van der Waals surface area contributed by atoms with Crippen LogP contribution in [-0.2, 0) is 0 Å². The fourth-order valence-electron chi connectivity index (χ4n) is 2.26. The average Bonchev–Trinajstić information content (AvgIpc) is 2.14. The van der Waals surface area contributed by atoms with Crippen LogP contribution in [-0.4, -0.2) is 57.3 Å². The Bertz CT molecular complexity index is 161. The van der Waals surface area contributed by atoms with Crippen LogP contribution in [0.1, 0.15) is 39.5 Å². The van der Waals surface area contributed by atoms with Crippen molar-refractivity contribution in [1.82, 2.24) is 14.0 Å². The molecule has 1 rings (SSSR count). The van der Waals surface area contributed by atoms with Gasteiger partial charge in [-0.1, -0.05) is 26.7 Å². The lowest BCUT2D eigenvalue weighted by atomic mass is 10.3. The Morgan fingerprint density at radius 2 is 1.47 bits per heavy atom.